The quantitative estimate of drug-likeness (QED) is 0.0972. The van der Waals surface area contributed by atoms with Gasteiger partial charge in [-0.1, -0.05) is 56.7 Å². The third-order valence-corrected chi connectivity index (χ3v) is 8.00. The molecule has 5 unspecified atom stereocenters. The number of hydrogen-bond acceptors (Lipinski definition) is 6. The molecule has 2 aromatic heterocycles. The molecule has 0 bridgehead atoms. The van der Waals surface area contributed by atoms with E-state index in [1.807, 2.05) is 55.5 Å². The van der Waals surface area contributed by atoms with Crippen molar-refractivity contribution in [3.63, 3.8) is 0 Å². The van der Waals surface area contributed by atoms with E-state index in [4.69, 9.17) is 11.5 Å². The van der Waals surface area contributed by atoms with Gasteiger partial charge in [-0.15, -0.1) is 0 Å². The molecule has 0 spiro atoms. The standard InChI is InChI=1S/C32H39N7O6/c1-3-17(2)28(39-29(41)22(33)12-18-15-35-23-10-6-4-8-20(18)23)31(43)37-25(30(42)38-26(32(44)45)14-27(34)40)13-19-16-36-24-11-7-5-9-21(19)24/h4-11,15-17,22,25-26,28,35-36H,3,12-14,33H2,1-2H3,(H2,34,40)(H,37,43)(H,38,42)(H,39,41)(H,44,45). The van der Waals surface area contributed by atoms with Gasteiger partial charge in [0.2, 0.25) is 23.6 Å². The fraction of sp³-hybridized carbons (Fsp3) is 0.344. The highest BCUT2D eigenvalue weighted by Crippen LogP contribution is 2.21. The van der Waals surface area contributed by atoms with Crippen molar-refractivity contribution in [3.8, 4) is 0 Å². The van der Waals surface area contributed by atoms with Gasteiger partial charge >= 0.3 is 5.97 Å². The summed E-state index contributed by atoms with van der Waals surface area (Å²) in [5.74, 6) is -4.71. The van der Waals surface area contributed by atoms with Gasteiger partial charge < -0.3 is 42.5 Å². The molecule has 2 aromatic carbocycles. The number of primary amides is 1. The maximum absolute atomic E-state index is 13.7. The summed E-state index contributed by atoms with van der Waals surface area (Å²) in [6.45, 7) is 3.65. The summed E-state index contributed by atoms with van der Waals surface area (Å²) < 4.78 is 0. The van der Waals surface area contributed by atoms with Crippen LogP contribution in [0.1, 0.15) is 37.8 Å². The highest BCUT2D eigenvalue weighted by atomic mass is 16.4. The van der Waals surface area contributed by atoms with Crippen molar-refractivity contribution in [2.45, 2.75) is 63.7 Å². The first-order valence-corrected chi connectivity index (χ1v) is 14.8. The number of carboxylic acids is 1. The van der Waals surface area contributed by atoms with Gasteiger partial charge in [0.15, 0.2) is 0 Å². The second-order valence-electron chi connectivity index (χ2n) is 11.2. The third kappa shape index (κ3) is 8.06. The van der Waals surface area contributed by atoms with Crippen LogP contribution in [0.25, 0.3) is 21.8 Å². The van der Waals surface area contributed by atoms with E-state index in [2.05, 4.69) is 25.9 Å². The Bertz CT molecular complexity index is 1700. The van der Waals surface area contributed by atoms with Gasteiger partial charge in [0.25, 0.3) is 0 Å². The molecule has 0 aliphatic carbocycles. The maximum atomic E-state index is 13.7. The summed E-state index contributed by atoms with van der Waals surface area (Å²) in [5.41, 5.74) is 14.7. The summed E-state index contributed by atoms with van der Waals surface area (Å²) in [6, 6.07) is 10.2. The molecule has 4 amide bonds. The normalized spacial score (nSPS) is 14.6. The second-order valence-corrected chi connectivity index (χ2v) is 11.2. The Morgan fingerprint density at radius 1 is 0.778 bits per heavy atom. The summed E-state index contributed by atoms with van der Waals surface area (Å²) in [6.07, 6.45) is 3.61. The van der Waals surface area contributed by atoms with Crippen molar-refractivity contribution in [1.29, 1.82) is 0 Å². The van der Waals surface area contributed by atoms with Crippen LogP contribution in [0.5, 0.6) is 0 Å². The molecule has 0 fully saturated rings. The molecule has 2 heterocycles. The Hall–Kier alpha value is -5.17. The number of fused-ring (bicyclic) bond motifs is 2. The van der Waals surface area contributed by atoms with Crippen molar-refractivity contribution in [2.75, 3.05) is 0 Å². The van der Waals surface area contributed by atoms with Crippen molar-refractivity contribution >= 4 is 51.4 Å². The van der Waals surface area contributed by atoms with E-state index in [9.17, 15) is 29.1 Å². The van der Waals surface area contributed by atoms with Crippen LogP contribution in [0, 0.1) is 5.92 Å². The van der Waals surface area contributed by atoms with E-state index in [0.29, 0.717) is 12.0 Å². The second kappa shape index (κ2) is 14.5. The highest BCUT2D eigenvalue weighted by Gasteiger charge is 2.33. The number of para-hydroxylation sites is 2. The van der Waals surface area contributed by atoms with Crippen molar-refractivity contribution < 1.29 is 29.1 Å². The van der Waals surface area contributed by atoms with Gasteiger partial charge in [-0.25, -0.2) is 4.79 Å². The van der Waals surface area contributed by atoms with Crippen LogP contribution in [0.4, 0.5) is 0 Å². The molecule has 45 heavy (non-hydrogen) atoms. The van der Waals surface area contributed by atoms with Crippen molar-refractivity contribution in [1.82, 2.24) is 25.9 Å². The topological polar surface area (TPSA) is 225 Å². The minimum absolute atomic E-state index is 0.00819. The van der Waals surface area contributed by atoms with Crippen LogP contribution in [0.15, 0.2) is 60.9 Å². The largest absolute Gasteiger partial charge is 0.480 e. The Kier molecular flexibility index (Phi) is 10.6. The Labute approximate surface area is 259 Å². The fourth-order valence-corrected chi connectivity index (χ4v) is 5.26. The molecule has 0 saturated carbocycles. The summed E-state index contributed by atoms with van der Waals surface area (Å²) in [5, 5.41) is 19.1. The van der Waals surface area contributed by atoms with Crippen LogP contribution in [-0.4, -0.2) is 68.8 Å². The lowest BCUT2D eigenvalue weighted by Gasteiger charge is -2.28. The molecule has 13 nitrogen and oxygen atoms in total. The SMILES string of the molecule is CCC(C)C(NC(=O)C(N)Cc1c[nH]c2ccccc12)C(=O)NC(Cc1c[nH]c2ccccc12)C(=O)NC(CC(N)=O)C(=O)O. The predicted octanol–water partition coefficient (Wildman–Crippen LogP) is 1.22. The minimum atomic E-state index is -1.59. The van der Waals surface area contributed by atoms with Gasteiger partial charge in [0, 0.05) is 40.6 Å². The average molecular weight is 618 g/mol. The summed E-state index contributed by atoms with van der Waals surface area (Å²) >= 11 is 0. The van der Waals surface area contributed by atoms with Gasteiger partial charge in [-0.05, 0) is 35.6 Å². The van der Waals surface area contributed by atoms with E-state index in [1.165, 1.54) is 0 Å². The Balaban J connectivity index is 1.54. The van der Waals surface area contributed by atoms with Gasteiger partial charge in [0.1, 0.15) is 18.1 Å². The van der Waals surface area contributed by atoms with E-state index >= 15 is 0 Å². The molecule has 4 aromatic rings. The van der Waals surface area contributed by atoms with Gasteiger partial charge in [-0.2, -0.15) is 0 Å². The first-order chi connectivity index (χ1) is 21.5. The van der Waals surface area contributed by atoms with E-state index in [-0.39, 0.29) is 18.8 Å². The summed E-state index contributed by atoms with van der Waals surface area (Å²) in [7, 11) is 0. The summed E-state index contributed by atoms with van der Waals surface area (Å²) in [4.78, 5) is 69.9. The smallest absolute Gasteiger partial charge is 0.326 e. The molecular formula is C32H39N7O6. The minimum Gasteiger partial charge on any atom is -0.480 e. The molecule has 238 valence electrons. The number of nitrogens with one attached hydrogen (secondary N) is 5. The number of aliphatic carboxylic acids is 1. The van der Waals surface area contributed by atoms with Gasteiger partial charge in [0.05, 0.1) is 12.5 Å². The van der Waals surface area contributed by atoms with Crippen LogP contribution < -0.4 is 27.4 Å². The van der Waals surface area contributed by atoms with E-state index < -0.39 is 60.2 Å². The number of aromatic amines is 2. The fourth-order valence-electron chi connectivity index (χ4n) is 5.26. The number of benzene rings is 2. The lowest BCUT2D eigenvalue weighted by atomic mass is 9.96. The monoisotopic (exact) mass is 617 g/mol. The zero-order valence-corrected chi connectivity index (χ0v) is 25.1. The number of H-pyrrole nitrogens is 2. The van der Waals surface area contributed by atoms with Crippen LogP contribution in [0.3, 0.4) is 0 Å². The third-order valence-electron chi connectivity index (χ3n) is 8.00. The molecule has 4 rings (SSSR count). The number of carbonyl (C=O) groups excluding carboxylic acids is 4. The molecule has 0 radical (unpaired) electrons. The van der Waals surface area contributed by atoms with Crippen LogP contribution >= 0.6 is 0 Å². The molecule has 10 N–H and O–H groups in total. The van der Waals surface area contributed by atoms with Crippen molar-refractivity contribution in [2.24, 2.45) is 17.4 Å². The van der Waals surface area contributed by atoms with Gasteiger partial charge in [-0.3, -0.25) is 19.2 Å². The Morgan fingerprint density at radius 3 is 1.84 bits per heavy atom. The predicted molar refractivity (Wildman–Crippen MR) is 169 cm³/mol. The molecule has 0 saturated heterocycles. The number of nitrogens with two attached hydrogens (primary N) is 2. The maximum Gasteiger partial charge on any atom is 0.326 e. The number of carbonyl (C=O) groups is 5. The zero-order chi connectivity index (χ0) is 32.7. The molecule has 13 heteroatoms. The number of rotatable bonds is 15. The molecular weight excluding hydrogens is 578 g/mol. The molecule has 0 aliphatic rings. The Morgan fingerprint density at radius 2 is 1.31 bits per heavy atom. The lowest BCUT2D eigenvalue weighted by molar-refractivity contribution is -0.143. The zero-order valence-electron chi connectivity index (χ0n) is 25.1. The van der Waals surface area contributed by atoms with E-state index in [1.54, 1.807) is 19.3 Å². The number of carboxylic acid groups (broad SMARTS) is 1. The molecule has 5 atom stereocenters. The molecule has 0 aliphatic heterocycles. The van der Waals surface area contributed by atoms with Crippen LogP contribution in [0.2, 0.25) is 0 Å². The number of aromatic nitrogens is 2. The average Bonchev–Trinajstić information content (AvgIpc) is 3.62. The van der Waals surface area contributed by atoms with Crippen molar-refractivity contribution in [3.05, 3.63) is 72.1 Å². The van der Waals surface area contributed by atoms with E-state index in [0.717, 1.165) is 27.4 Å². The first-order valence-electron chi connectivity index (χ1n) is 14.8. The highest BCUT2D eigenvalue weighted by molar-refractivity contribution is 5.96. The first kappa shape index (κ1) is 32.7. The lowest BCUT2D eigenvalue weighted by Crippen LogP contribution is -2.59. The number of hydrogen-bond donors (Lipinski definition) is 8. The number of amides is 4. The van der Waals surface area contributed by atoms with Crippen LogP contribution in [-0.2, 0) is 36.8 Å².